The maximum atomic E-state index is 13.8. The zero-order chi connectivity index (χ0) is 27.9. The number of carbonyl (C=O) groups excluding carboxylic acids is 2. The predicted molar refractivity (Wildman–Crippen MR) is 147 cm³/mol. The molecule has 9 nitrogen and oxygen atoms in total. The van der Waals surface area contributed by atoms with Crippen LogP contribution >= 0.6 is 0 Å². The molecule has 2 aliphatic heterocycles. The van der Waals surface area contributed by atoms with Gasteiger partial charge in [0.05, 0.1) is 10.4 Å². The Morgan fingerprint density at radius 2 is 1.66 bits per heavy atom. The molecule has 2 aliphatic rings. The van der Waals surface area contributed by atoms with Gasteiger partial charge in [0.2, 0.25) is 15.9 Å². The van der Waals surface area contributed by atoms with Crippen molar-refractivity contribution in [1.29, 1.82) is 0 Å². The highest BCUT2D eigenvalue weighted by atomic mass is 32.2. The van der Waals surface area contributed by atoms with E-state index in [1.807, 2.05) is 52.8 Å². The molecule has 0 bridgehead atoms. The summed E-state index contributed by atoms with van der Waals surface area (Å²) in [7, 11) is -3.92. The van der Waals surface area contributed by atoms with Gasteiger partial charge in [-0.15, -0.1) is 0 Å². The van der Waals surface area contributed by atoms with Crippen LogP contribution in [0.5, 0.6) is 0 Å². The molecule has 1 aromatic carbocycles. The summed E-state index contributed by atoms with van der Waals surface area (Å²) in [5.41, 5.74) is -0.209. The first-order chi connectivity index (χ1) is 17.8. The molecule has 2 amide bonds. The van der Waals surface area contributed by atoms with E-state index in [0.717, 1.165) is 11.5 Å². The Morgan fingerprint density at radius 3 is 2.24 bits per heavy atom. The number of aromatic nitrogens is 1. The van der Waals surface area contributed by atoms with Crippen LogP contribution in [0.25, 0.3) is 0 Å². The molecule has 4 rings (SSSR count). The molecule has 2 saturated heterocycles. The Morgan fingerprint density at radius 1 is 1.03 bits per heavy atom. The first-order valence-electron chi connectivity index (χ1n) is 12.8. The van der Waals surface area contributed by atoms with Crippen LogP contribution in [-0.4, -0.2) is 77.7 Å². The van der Waals surface area contributed by atoms with Gasteiger partial charge in [-0.3, -0.25) is 9.59 Å². The quantitative estimate of drug-likeness (QED) is 0.567. The maximum Gasteiger partial charge on any atom is 0.253 e. The van der Waals surface area contributed by atoms with Crippen LogP contribution in [0.15, 0.2) is 60.0 Å². The van der Waals surface area contributed by atoms with Crippen molar-refractivity contribution in [2.45, 2.75) is 63.1 Å². The summed E-state index contributed by atoms with van der Waals surface area (Å²) in [4.78, 5) is 33.8. The molecule has 0 aliphatic carbocycles. The number of nitrogens with one attached hydrogen (secondary N) is 1. The Bertz CT molecular complexity index is 1330. The van der Waals surface area contributed by atoms with Crippen molar-refractivity contribution in [1.82, 2.24) is 19.5 Å². The smallest absolute Gasteiger partial charge is 0.253 e. The van der Waals surface area contributed by atoms with E-state index in [1.54, 1.807) is 17.0 Å². The van der Waals surface area contributed by atoms with Crippen molar-refractivity contribution >= 4 is 27.7 Å². The largest absolute Gasteiger partial charge is 0.353 e. The highest BCUT2D eigenvalue weighted by molar-refractivity contribution is 7.89. The molecule has 204 valence electrons. The molecule has 0 saturated carbocycles. The fourth-order valence-corrected chi connectivity index (χ4v) is 7.91. The van der Waals surface area contributed by atoms with E-state index in [2.05, 4.69) is 21.8 Å². The van der Waals surface area contributed by atoms with Crippen LogP contribution in [0.3, 0.4) is 0 Å². The van der Waals surface area contributed by atoms with Crippen LogP contribution in [0.4, 0.5) is 5.82 Å². The first-order valence-corrected chi connectivity index (χ1v) is 14.3. The van der Waals surface area contributed by atoms with Gasteiger partial charge in [0.1, 0.15) is 5.82 Å². The number of sulfonamides is 1. The van der Waals surface area contributed by atoms with Gasteiger partial charge in [0.25, 0.3) is 5.91 Å². The number of carbonyl (C=O) groups is 2. The van der Waals surface area contributed by atoms with Crippen LogP contribution in [0.2, 0.25) is 0 Å². The van der Waals surface area contributed by atoms with Crippen molar-refractivity contribution in [2.24, 2.45) is 0 Å². The van der Waals surface area contributed by atoms with Crippen molar-refractivity contribution in [3.05, 3.63) is 66.4 Å². The summed E-state index contributed by atoms with van der Waals surface area (Å²) in [5, 5.41) is 2.88. The zero-order valence-corrected chi connectivity index (χ0v) is 23.6. The summed E-state index contributed by atoms with van der Waals surface area (Å²) >= 11 is 0. The Kier molecular flexibility index (Phi) is 7.42. The van der Waals surface area contributed by atoms with E-state index in [1.165, 1.54) is 22.5 Å². The molecule has 0 radical (unpaired) electrons. The maximum absolute atomic E-state index is 13.8. The van der Waals surface area contributed by atoms with E-state index in [-0.39, 0.29) is 22.8 Å². The lowest BCUT2D eigenvalue weighted by Gasteiger charge is -2.40. The van der Waals surface area contributed by atoms with Crippen molar-refractivity contribution in [3.63, 3.8) is 0 Å². The van der Waals surface area contributed by atoms with E-state index < -0.39 is 21.1 Å². The topological polar surface area (TPSA) is 103 Å². The molecule has 10 heteroatoms. The fourth-order valence-electron chi connectivity index (χ4n) is 5.75. The standard InChI is InChI=1S/C28H37N5O4S/c1-7-25(34)30-23-19-27(3,4)33(28(23,5)6)38(36,37)22-13-11-21(12-14-22)26(35)32-17-15-31(16-18-32)24-10-8-9-20(2)29-24/h7-14,23H,1,15-19H2,2-6H3,(H,30,34). The average molecular weight is 540 g/mol. The number of amides is 2. The zero-order valence-electron chi connectivity index (χ0n) is 22.8. The Hall–Kier alpha value is -3.24. The summed E-state index contributed by atoms with van der Waals surface area (Å²) < 4.78 is 29.1. The van der Waals surface area contributed by atoms with Crippen molar-refractivity contribution < 1.29 is 18.0 Å². The molecule has 1 aromatic heterocycles. The summed E-state index contributed by atoms with van der Waals surface area (Å²) in [5.74, 6) is 0.447. The molecule has 1 unspecified atom stereocenters. The molecule has 3 heterocycles. The summed E-state index contributed by atoms with van der Waals surface area (Å²) in [6.07, 6.45) is 1.65. The molecular formula is C28H37N5O4S. The van der Waals surface area contributed by atoms with Crippen molar-refractivity contribution in [3.8, 4) is 0 Å². The van der Waals surface area contributed by atoms with Gasteiger partial charge < -0.3 is 15.1 Å². The fraction of sp³-hybridized carbons (Fsp3) is 0.464. The monoisotopic (exact) mass is 539 g/mol. The second-order valence-electron chi connectivity index (χ2n) is 11.1. The molecule has 1 N–H and O–H groups in total. The highest BCUT2D eigenvalue weighted by Crippen LogP contribution is 2.44. The Labute approximate surface area is 225 Å². The third-order valence-electron chi connectivity index (χ3n) is 7.54. The molecular weight excluding hydrogens is 502 g/mol. The lowest BCUT2D eigenvalue weighted by molar-refractivity contribution is -0.117. The highest BCUT2D eigenvalue weighted by Gasteiger charge is 2.57. The number of rotatable bonds is 6. The van der Waals surface area contributed by atoms with Crippen LogP contribution in [0.1, 0.15) is 50.2 Å². The number of piperazine rings is 1. The summed E-state index contributed by atoms with van der Waals surface area (Å²) in [6.45, 7) is 15.3. The average Bonchev–Trinajstić information content (AvgIpc) is 3.06. The van der Waals surface area contributed by atoms with Gasteiger partial charge in [-0.1, -0.05) is 12.6 Å². The van der Waals surface area contributed by atoms with Gasteiger partial charge in [-0.2, -0.15) is 4.31 Å². The SMILES string of the molecule is C=CC(=O)NC1CC(C)(C)N(S(=O)(=O)c2ccc(C(=O)N3CCN(c4cccc(C)n4)CC3)cc2)C1(C)C. The van der Waals surface area contributed by atoms with E-state index in [0.29, 0.717) is 38.2 Å². The van der Waals surface area contributed by atoms with E-state index >= 15 is 0 Å². The normalized spacial score (nSPS) is 21.2. The van der Waals surface area contributed by atoms with E-state index in [9.17, 15) is 18.0 Å². The minimum absolute atomic E-state index is 0.112. The van der Waals surface area contributed by atoms with Crippen LogP contribution in [-0.2, 0) is 14.8 Å². The molecule has 38 heavy (non-hydrogen) atoms. The second-order valence-corrected chi connectivity index (χ2v) is 12.9. The van der Waals surface area contributed by atoms with Crippen LogP contribution < -0.4 is 10.2 Å². The van der Waals surface area contributed by atoms with Gasteiger partial charge >= 0.3 is 0 Å². The minimum atomic E-state index is -3.92. The number of anilines is 1. The first kappa shape index (κ1) is 27.8. The third-order valence-corrected chi connectivity index (χ3v) is 9.85. The van der Waals surface area contributed by atoms with Gasteiger partial charge in [0, 0.05) is 49.0 Å². The molecule has 2 fully saturated rings. The van der Waals surface area contributed by atoms with Gasteiger partial charge in [-0.25, -0.2) is 13.4 Å². The number of benzene rings is 1. The predicted octanol–water partition coefficient (Wildman–Crippen LogP) is 2.97. The number of nitrogens with zero attached hydrogens (tertiary/aromatic N) is 4. The molecule has 2 aromatic rings. The van der Waals surface area contributed by atoms with E-state index in [4.69, 9.17) is 0 Å². The lowest BCUT2D eigenvalue weighted by atomic mass is 9.94. The summed E-state index contributed by atoms with van der Waals surface area (Å²) in [6, 6.07) is 11.7. The van der Waals surface area contributed by atoms with Crippen LogP contribution in [0, 0.1) is 6.92 Å². The number of hydrogen-bond donors (Lipinski definition) is 1. The molecule has 0 spiro atoms. The van der Waals surface area contributed by atoms with Gasteiger partial charge in [0.15, 0.2) is 0 Å². The number of aryl methyl sites for hydroxylation is 1. The number of pyridine rings is 1. The molecule has 1 atom stereocenters. The lowest BCUT2D eigenvalue weighted by Crippen LogP contribution is -2.56. The Balaban J connectivity index is 1.48. The third kappa shape index (κ3) is 5.19. The minimum Gasteiger partial charge on any atom is -0.353 e. The van der Waals surface area contributed by atoms with Gasteiger partial charge in [-0.05, 0) is 83.5 Å². The second kappa shape index (κ2) is 10.1. The van der Waals surface area contributed by atoms with Crippen molar-refractivity contribution in [2.75, 3.05) is 31.1 Å². The number of hydrogen-bond acceptors (Lipinski definition) is 6.